The molecule has 0 saturated heterocycles. The molecule has 0 saturated carbocycles. The third-order valence-electron chi connectivity index (χ3n) is 3.39. The minimum Gasteiger partial charge on any atom is -0.464 e. The minimum atomic E-state index is -2.15. The Morgan fingerprint density at radius 3 is 2.60 bits per heavy atom. The van der Waals surface area contributed by atoms with Gasteiger partial charge in [-0.25, -0.2) is 4.39 Å². The lowest BCUT2D eigenvalue weighted by atomic mass is 9.89. The Labute approximate surface area is 132 Å². The Morgan fingerprint density at radius 1 is 1.30 bits per heavy atom. The van der Waals surface area contributed by atoms with Crippen LogP contribution in [0.25, 0.3) is 11.0 Å². The number of nitrogens with one attached hydrogen (secondary N) is 1. The molecule has 0 aliphatic heterocycles. The molecule has 2 unspecified atom stereocenters. The van der Waals surface area contributed by atoms with Gasteiger partial charge in [0.05, 0.1) is 6.26 Å². The molecule has 1 aromatic carbocycles. The molecule has 0 aliphatic rings. The topological polar surface area (TPSA) is 25.2 Å². The summed E-state index contributed by atoms with van der Waals surface area (Å²) in [5.74, 6) is 0. The molecule has 6 heteroatoms. The van der Waals surface area contributed by atoms with Crippen LogP contribution in [-0.4, -0.2) is 16.4 Å². The Morgan fingerprint density at radius 2 is 2.00 bits per heavy atom. The highest BCUT2D eigenvalue weighted by molar-refractivity contribution is 6.68. The van der Waals surface area contributed by atoms with Crippen LogP contribution in [0.4, 0.5) is 4.39 Å². The molecular weight excluding hydrogens is 324 g/mol. The van der Waals surface area contributed by atoms with E-state index in [0.717, 1.165) is 5.39 Å². The second kappa shape index (κ2) is 5.72. The molecule has 2 rings (SSSR count). The van der Waals surface area contributed by atoms with Gasteiger partial charge in [-0.1, -0.05) is 47.8 Å². The van der Waals surface area contributed by atoms with Gasteiger partial charge >= 0.3 is 0 Å². The van der Waals surface area contributed by atoms with Gasteiger partial charge in [0, 0.05) is 11.4 Å². The molecule has 0 bridgehead atoms. The van der Waals surface area contributed by atoms with Crippen molar-refractivity contribution in [1.29, 1.82) is 0 Å². The summed E-state index contributed by atoms with van der Waals surface area (Å²) in [5.41, 5.74) is -1.18. The summed E-state index contributed by atoms with van der Waals surface area (Å²) in [5, 5.41) is 3.75. The van der Waals surface area contributed by atoms with Crippen molar-refractivity contribution >= 4 is 45.8 Å². The normalized spacial score (nSPS) is 17.1. The van der Waals surface area contributed by atoms with E-state index in [9.17, 15) is 0 Å². The predicted octanol–water partition coefficient (Wildman–Crippen LogP) is 4.97. The molecule has 0 spiro atoms. The highest BCUT2D eigenvalue weighted by atomic mass is 35.6. The second-order valence-corrected chi connectivity index (χ2v) is 6.94. The zero-order chi connectivity index (χ0) is 15.0. The maximum atomic E-state index is 15.6. The number of halogens is 4. The lowest BCUT2D eigenvalue weighted by molar-refractivity contribution is 0.117. The third kappa shape index (κ3) is 2.64. The Bertz CT molecular complexity index is 595. The van der Waals surface area contributed by atoms with Gasteiger partial charge in [0.25, 0.3) is 0 Å². The lowest BCUT2D eigenvalue weighted by Gasteiger charge is -2.38. The lowest BCUT2D eigenvalue weighted by Crippen LogP contribution is -2.51. The first-order chi connectivity index (χ1) is 9.30. The van der Waals surface area contributed by atoms with Crippen LogP contribution >= 0.6 is 34.8 Å². The maximum Gasteiger partial charge on any atom is 0.229 e. The van der Waals surface area contributed by atoms with Crippen molar-refractivity contribution in [3.8, 4) is 0 Å². The maximum absolute atomic E-state index is 15.6. The summed E-state index contributed by atoms with van der Waals surface area (Å²) < 4.78 is 18.7. The summed E-state index contributed by atoms with van der Waals surface area (Å²) in [4.78, 5) is 0. The quantitative estimate of drug-likeness (QED) is 0.797. The summed E-state index contributed by atoms with van der Waals surface area (Å²) in [6.45, 7) is 4.10. The molecule has 2 aromatic rings. The number of rotatable bonds is 4. The zero-order valence-corrected chi connectivity index (χ0v) is 13.4. The summed E-state index contributed by atoms with van der Waals surface area (Å²) in [6, 6.07) is 5.99. The second-order valence-electron chi connectivity index (χ2n) is 4.66. The van der Waals surface area contributed by atoms with E-state index in [4.69, 9.17) is 39.2 Å². The molecule has 0 radical (unpaired) electrons. The highest BCUT2D eigenvalue weighted by Gasteiger charge is 2.54. The monoisotopic (exact) mass is 337 g/mol. The third-order valence-corrected chi connectivity index (χ3v) is 4.22. The number of likely N-dealkylation sites (N-methyl/N-ethyl adjacent to an activating group) is 1. The summed E-state index contributed by atoms with van der Waals surface area (Å²) >= 11 is 17.8. The van der Waals surface area contributed by atoms with Crippen molar-refractivity contribution < 1.29 is 8.81 Å². The molecule has 110 valence electrons. The number of alkyl halides is 4. The van der Waals surface area contributed by atoms with E-state index in [1.807, 2.05) is 6.92 Å². The summed E-state index contributed by atoms with van der Waals surface area (Å²) in [6.07, 6.45) is 1.54. The van der Waals surface area contributed by atoms with Crippen LogP contribution in [0.3, 0.4) is 0 Å². The fourth-order valence-corrected chi connectivity index (χ4v) is 3.12. The zero-order valence-electron chi connectivity index (χ0n) is 11.1. The average molecular weight is 339 g/mol. The Kier molecular flexibility index (Phi) is 4.55. The number of furan rings is 1. The SMILES string of the molecule is CCNC(C)C(F)(c1ccc2occc2c1)C(Cl)(Cl)Cl. The van der Waals surface area contributed by atoms with Gasteiger partial charge in [-0.15, -0.1) is 0 Å². The van der Waals surface area contributed by atoms with Crippen LogP contribution in [0, 0.1) is 0 Å². The number of hydrogen-bond donors (Lipinski definition) is 1. The van der Waals surface area contributed by atoms with Crippen molar-refractivity contribution in [2.45, 2.75) is 29.4 Å². The molecule has 1 aromatic heterocycles. The molecular formula is C14H15Cl3FNO. The first kappa shape index (κ1) is 15.9. The van der Waals surface area contributed by atoms with Crippen LogP contribution in [0.15, 0.2) is 34.9 Å². The molecule has 0 amide bonds. The average Bonchev–Trinajstić information content (AvgIpc) is 2.83. The van der Waals surface area contributed by atoms with E-state index in [1.165, 1.54) is 6.26 Å². The first-order valence-electron chi connectivity index (χ1n) is 6.27. The van der Waals surface area contributed by atoms with Gasteiger partial charge in [-0.2, -0.15) is 0 Å². The molecule has 0 aliphatic carbocycles. The van der Waals surface area contributed by atoms with Crippen molar-refractivity contribution in [3.05, 3.63) is 36.1 Å². The molecule has 2 nitrogen and oxygen atoms in total. The van der Waals surface area contributed by atoms with Gasteiger partial charge in [0.2, 0.25) is 3.79 Å². The number of benzene rings is 1. The van der Waals surface area contributed by atoms with Gasteiger partial charge < -0.3 is 9.73 Å². The minimum absolute atomic E-state index is 0.305. The molecule has 1 N–H and O–H groups in total. The Balaban J connectivity index is 2.55. The van der Waals surface area contributed by atoms with Crippen molar-refractivity contribution in [1.82, 2.24) is 5.32 Å². The van der Waals surface area contributed by atoms with Crippen molar-refractivity contribution in [2.75, 3.05) is 6.54 Å². The van der Waals surface area contributed by atoms with E-state index in [1.54, 1.807) is 31.2 Å². The molecule has 1 heterocycles. The fraction of sp³-hybridized carbons (Fsp3) is 0.429. The van der Waals surface area contributed by atoms with E-state index in [0.29, 0.717) is 17.7 Å². The molecule has 0 fully saturated rings. The molecule has 20 heavy (non-hydrogen) atoms. The first-order valence-corrected chi connectivity index (χ1v) is 7.41. The van der Waals surface area contributed by atoms with E-state index in [2.05, 4.69) is 5.32 Å². The number of hydrogen-bond acceptors (Lipinski definition) is 2. The van der Waals surface area contributed by atoms with Gasteiger partial charge in [-0.05, 0) is 37.2 Å². The molecule has 2 atom stereocenters. The van der Waals surface area contributed by atoms with Gasteiger partial charge in [-0.3, -0.25) is 0 Å². The number of fused-ring (bicyclic) bond motifs is 1. The summed E-state index contributed by atoms with van der Waals surface area (Å²) in [7, 11) is 0. The van der Waals surface area contributed by atoms with Gasteiger partial charge in [0.1, 0.15) is 5.58 Å². The van der Waals surface area contributed by atoms with E-state index >= 15 is 4.39 Å². The van der Waals surface area contributed by atoms with Crippen molar-refractivity contribution in [2.24, 2.45) is 0 Å². The smallest absolute Gasteiger partial charge is 0.229 e. The predicted molar refractivity (Wildman–Crippen MR) is 82.4 cm³/mol. The highest BCUT2D eigenvalue weighted by Crippen LogP contribution is 2.50. The standard InChI is InChI=1S/C14H15Cl3FNO/c1-3-19-9(2)13(18,14(15,16)17)11-4-5-12-10(8-11)6-7-20-12/h4-9,19H,3H2,1-2H3. The largest absolute Gasteiger partial charge is 0.464 e. The van der Waals surface area contributed by atoms with Crippen LogP contribution in [0.5, 0.6) is 0 Å². The Hall–Kier alpha value is -0.480. The van der Waals surface area contributed by atoms with Crippen LogP contribution in [-0.2, 0) is 5.67 Å². The van der Waals surface area contributed by atoms with E-state index < -0.39 is 15.5 Å². The van der Waals surface area contributed by atoms with Crippen LogP contribution in [0.1, 0.15) is 19.4 Å². The fourth-order valence-electron chi connectivity index (χ4n) is 2.30. The van der Waals surface area contributed by atoms with E-state index in [-0.39, 0.29) is 0 Å². The van der Waals surface area contributed by atoms with Crippen LogP contribution in [0.2, 0.25) is 0 Å². The van der Waals surface area contributed by atoms with Gasteiger partial charge in [0.15, 0.2) is 5.67 Å². The van der Waals surface area contributed by atoms with Crippen LogP contribution < -0.4 is 5.32 Å². The van der Waals surface area contributed by atoms with Crippen molar-refractivity contribution in [3.63, 3.8) is 0 Å².